The molecule has 2 N–H and O–H groups in total. The highest BCUT2D eigenvalue weighted by atomic mass is 32.2. The van der Waals surface area contributed by atoms with E-state index in [2.05, 4.69) is 0 Å². The minimum atomic E-state index is -4.61. The summed E-state index contributed by atoms with van der Waals surface area (Å²) in [6, 6.07) is 5.31. The van der Waals surface area contributed by atoms with Gasteiger partial charge in [0.25, 0.3) is 10.1 Å². The molecule has 0 saturated heterocycles. The number of hydrogen-bond donors (Lipinski definition) is 2. The van der Waals surface area contributed by atoms with Crippen LogP contribution in [-0.2, 0) is 21.3 Å². The molecule has 0 bridgehead atoms. The van der Waals surface area contributed by atoms with Gasteiger partial charge in [0, 0.05) is 5.56 Å². The lowest BCUT2D eigenvalue weighted by Crippen LogP contribution is -2.09. The van der Waals surface area contributed by atoms with Crippen molar-refractivity contribution in [2.45, 2.75) is 25.2 Å². The molecule has 1 heterocycles. The normalized spacial score (nSPS) is 12.0. The number of carbonyl (C=O) groups is 1. The lowest BCUT2D eigenvalue weighted by Gasteiger charge is -2.10. The van der Waals surface area contributed by atoms with E-state index in [9.17, 15) is 22.6 Å². The Morgan fingerprint density at radius 3 is 2.40 bits per heavy atom. The zero-order valence-electron chi connectivity index (χ0n) is 13.4. The van der Waals surface area contributed by atoms with E-state index >= 15 is 0 Å². The molecule has 0 radical (unpaired) electrons. The van der Waals surface area contributed by atoms with Crippen LogP contribution in [0.15, 0.2) is 38.4 Å². The van der Waals surface area contributed by atoms with Crippen molar-refractivity contribution in [1.29, 1.82) is 0 Å². The molecular weight excluding hydrogens is 348 g/mol. The van der Waals surface area contributed by atoms with Gasteiger partial charge in [0.15, 0.2) is 0 Å². The van der Waals surface area contributed by atoms with Crippen LogP contribution in [0.25, 0.3) is 21.9 Å². The lowest BCUT2D eigenvalue weighted by molar-refractivity contribution is -0.136. The maximum Gasteiger partial charge on any atom is 0.307 e. The molecule has 3 aromatic rings. The van der Waals surface area contributed by atoms with Gasteiger partial charge in [0.05, 0.1) is 22.1 Å². The van der Waals surface area contributed by atoms with Gasteiger partial charge in [0.1, 0.15) is 11.2 Å². The van der Waals surface area contributed by atoms with E-state index in [4.69, 9.17) is 9.52 Å². The Kier molecular flexibility index (Phi) is 3.89. The van der Waals surface area contributed by atoms with Gasteiger partial charge in [0.2, 0.25) is 5.43 Å². The molecule has 0 aliphatic heterocycles. The summed E-state index contributed by atoms with van der Waals surface area (Å²) < 4.78 is 38.0. The summed E-state index contributed by atoms with van der Waals surface area (Å²) in [5.41, 5.74) is 1.46. The van der Waals surface area contributed by atoms with Crippen molar-refractivity contribution in [1.82, 2.24) is 0 Å². The van der Waals surface area contributed by atoms with Crippen LogP contribution < -0.4 is 5.43 Å². The van der Waals surface area contributed by atoms with Crippen LogP contribution in [0.3, 0.4) is 0 Å². The Hall–Kier alpha value is -2.71. The molecule has 1 aromatic heterocycles. The SMILES string of the molecule is Cc1ccc2c(=O)c3cc(S(=O)(=O)O)cc(CC(=O)O)c3oc2c1C. The van der Waals surface area contributed by atoms with Crippen molar-refractivity contribution in [2.24, 2.45) is 0 Å². The molecule has 0 aliphatic carbocycles. The van der Waals surface area contributed by atoms with E-state index in [0.717, 1.165) is 23.3 Å². The molecule has 25 heavy (non-hydrogen) atoms. The summed E-state index contributed by atoms with van der Waals surface area (Å²) in [6.45, 7) is 3.62. The third-order valence-electron chi connectivity index (χ3n) is 4.15. The fourth-order valence-corrected chi connectivity index (χ4v) is 3.30. The third kappa shape index (κ3) is 2.90. The zero-order valence-corrected chi connectivity index (χ0v) is 14.2. The molecule has 0 atom stereocenters. The van der Waals surface area contributed by atoms with Crippen LogP contribution in [-0.4, -0.2) is 24.0 Å². The first-order valence-corrected chi connectivity index (χ1v) is 8.72. The maximum atomic E-state index is 12.8. The molecule has 0 fully saturated rings. The van der Waals surface area contributed by atoms with Crippen molar-refractivity contribution in [3.05, 3.63) is 51.2 Å². The summed E-state index contributed by atoms with van der Waals surface area (Å²) >= 11 is 0. The van der Waals surface area contributed by atoms with E-state index in [1.165, 1.54) is 0 Å². The van der Waals surface area contributed by atoms with Crippen molar-refractivity contribution in [3.63, 3.8) is 0 Å². The molecular formula is C17H14O7S. The zero-order chi connectivity index (χ0) is 18.5. The van der Waals surface area contributed by atoms with Gasteiger partial charge in [-0.15, -0.1) is 0 Å². The molecule has 0 aliphatic rings. The van der Waals surface area contributed by atoms with Crippen molar-refractivity contribution in [2.75, 3.05) is 0 Å². The second-order valence-electron chi connectivity index (χ2n) is 5.82. The summed E-state index contributed by atoms with van der Waals surface area (Å²) in [6.07, 6.45) is -0.556. The quantitative estimate of drug-likeness (QED) is 0.542. The number of rotatable bonds is 3. The molecule has 0 saturated carbocycles. The number of aryl methyl sites for hydroxylation is 2. The van der Waals surface area contributed by atoms with Gasteiger partial charge in [-0.1, -0.05) is 6.07 Å². The predicted molar refractivity (Wildman–Crippen MR) is 90.6 cm³/mol. The predicted octanol–water partition coefficient (Wildman–Crippen LogP) is 2.44. The Balaban J connectivity index is 2.56. The van der Waals surface area contributed by atoms with Crippen LogP contribution in [0.4, 0.5) is 0 Å². The standard InChI is InChI=1S/C17H14O7S/c1-8-3-4-12-15(20)13-7-11(25(21,22)23)5-10(6-14(18)19)17(13)24-16(12)9(8)2/h3-5,7H,6H2,1-2H3,(H,18,19)(H,21,22,23). The molecule has 0 amide bonds. The Morgan fingerprint density at radius 1 is 1.12 bits per heavy atom. The number of fused-ring (bicyclic) bond motifs is 2. The van der Waals surface area contributed by atoms with E-state index in [-0.39, 0.29) is 21.9 Å². The Bertz CT molecular complexity index is 1200. The van der Waals surface area contributed by atoms with E-state index < -0.39 is 32.8 Å². The lowest BCUT2D eigenvalue weighted by atomic mass is 10.0. The number of aliphatic carboxylic acids is 1. The number of benzene rings is 2. The van der Waals surface area contributed by atoms with Gasteiger partial charge < -0.3 is 9.52 Å². The first-order valence-electron chi connectivity index (χ1n) is 7.28. The van der Waals surface area contributed by atoms with Crippen LogP contribution >= 0.6 is 0 Å². The average molecular weight is 362 g/mol. The largest absolute Gasteiger partial charge is 0.481 e. The van der Waals surface area contributed by atoms with Gasteiger partial charge in [-0.2, -0.15) is 8.42 Å². The number of hydrogen-bond acceptors (Lipinski definition) is 5. The molecule has 0 unspecified atom stereocenters. The molecule has 2 aromatic carbocycles. The fourth-order valence-electron chi connectivity index (χ4n) is 2.74. The third-order valence-corrected chi connectivity index (χ3v) is 4.98. The highest BCUT2D eigenvalue weighted by Crippen LogP contribution is 2.28. The number of carboxylic acids is 1. The van der Waals surface area contributed by atoms with Crippen LogP contribution in [0.5, 0.6) is 0 Å². The molecule has 0 spiro atoms. The maximum absolute atomic E-state index is 12.8. The fraction of sp³-hybridized carbons (Fsp3) is 0.176. The first kappa shape index (κ1) is 17.1. The van der Waals surface area contributed by atoms with Gasteiger partial charge in [-0.3, -0.25) is 14.1 Å². The second kappa shape index (κ2) is 5.68. The second-order valence-corrected chi connectivity index (χ2v) is 7.24. The summed E-state index contributed by atoms with van der Waals surface area (Å²) in [4.78, 5) is 23.3. The van der Waals surface area contributed by atoms with E-state index in [1.54, 1.807) is 19.1 Å². The van der Waals surface area contributed by atoms with Crippen LogP contribution in [0.2, 0.25) is 0 Å². The average Bonchev–Trinajstić information content (AvgIpc) is 2.50. The molecule has 7 nitrogen and oxygen atoms in total. The van der Waals surface area contributed by atoms with Gasteiger partial charge in [-0.25, -0.2) is 0 Å². The van der Waals surface area contributed by atoms with Crippen molar-refractivity contribution >= 4 is 38.0 Å². The van der Waals surface area contributed by atoms with Crippen LogP contribution in [0, 0.1) is 13.8 Å². The molecule has 130 valence electrons. The summed E-state index contributed by atoms with van der Waals surface area (Å²) in [5.74, 6) is -1.22. The topological polar surface area (TPSA) is 122 Å². The minimum absolute atomic E-state index is 0.000926. The molecule has 3 rings (SSSR count). The van der Waals surface area contributed by atoms with Crippen LogP contribution in [0.1, 0.15) is 16.7 Å². The first-order chi connectivity index (χ1) is 11.6. The highest BCUT2D eigenvalue weighted by molar-refractivity contribution is 7.85. The van der Waals surface area contributed by atoms with E-state index in [1.807, 2.05) is 6.92 Å². The summed E-state index contributed by atoms with van der Waals surface area (Å²) in [5, 5.41) is 9.23. The smallest absolute Gasteiger partial charge is 0.307 e. The van der Waals surface area contributed by atoms with Crippen molar-refractivity contribution < 1.29 is 27.3 Å². The minimum Gasteiger partial charge on any atom is -0.481 e. The van der Waals surface area contributed by atoms with Crippen molar-refractivity contribution in [3.8, 4) is 0 Å². The molecule has 8 heteroatoms. The van der Waals surface area contributed by atoms with Gasteiger partial charge >= 0.3 is 5.97 Å². The van der Waals surface area contributed by atoms with Gasteiger partial charge in [-0.05, 0) is 43.2 Å². The Labute approximate surface area is 142 Å². The highest BCUT2D eigenvalue weighted by Gasteiger charge is 2.20. The number of carboxylic acid groups (broad SMARTS) is 1. The van der Waals surface area contributed by atoms with E-state index in [0.29, 0.717) is 5.58 Å². The Morgan fingerprint density at radius 2 is 1.80 bits per heavy atom. The monoisotopic (exact) mass is 362 g/mol. The summed E-state index contributed by atoms with van der Waals surface area (Å²) in [7, 11) is -4.61.